The Balaban J connectivity index is 1.67. The number of carbonyl (C=O) groups excluding carboxylic acids is 1. The average molecular weight is 354 g/mol. The van der Waals surface area contributed by atoms with E-state index in [0.717, 1.165) is 29.9 Å². The van der Waals surface area contributed by atoms with Crippen LogP contribution in [0.2, 0.25) is 0 Å². The summed E-state index contributed by atoms with van der Waals surface area (Å²) >= 11 is 0. The Kier molecular flexibility index (Phi) is 6.02. The molecule has 4 nitrogen and oxygen atoms in total. The SMILES string of the molecule is CC(NC(=O)/C=C/c1ccccc1)c1cc(F)cc(N2CCOCC2)c1. The maximum absolute atomic E-state index is 14.1. The van der Waals surface area contributed by atoms with Gasteiger partial charge in [-0.3, -0.25) is 4.79 Å². The van der Waals surface area contributed by atoms with Crippen LogP contribution >= 0.6 is 0 Å². The molecule has 1 aliphatic rings. The quantitative estimate of drug-likeness (QED) is 0.835. The van der Waals surface area contributed by atoms with Gasteiger partial charge in [0.05, 0.1) is 19.3 Å². The Hall–Kier alpha value is -2.66. The van der Waals surface area contributed by atoms with Crippen molar-refractivity contribution in [3.05, 3.63) is 71.6 Å². The molecule has 1 amide bonds. The number of morpholine rings is 1. The van der Waals surface area contributed by atoms with Crippen LogP contribution in [0.1, 0.15) is 24.1 Å². The molecule has 0 aromatic heterocycles. The number of anilines is 1. The fourth-order valence-corrected chi connectivity index (χ4v) is 2.93. The summed E-state index contributed by atoms with van der Waals surface area (Å²) in [5.41, 5.74) is 2.52. The molecule has 0 bridgehead atoms. The lowest BCUT2D eigenvalue weighted by Crippen LogP contribution is -2.36. The summed E-state index contributed by atoms with van der Waals surface area (Å²) in [6.45, 7) is 4.61. The van der Waals surface area contributed by atoms with Crippen LogP contribution in [0.3, 0.4) is 0 Å². The number of rotatable bonds is 5. The monoisotopic (exact) mass is 354 g/mol. The van der Waals surface area contributed by atoms with Gasteiger partial charge in [-0.2, -0.15) is 0 Å². The Labute approximate surface area is 153 Å². The highest BCUT2D eigenvalue weighted by atomic mass is 19.1. The topological polar surface area (TPSA) is 41.6 Å². The van der Waals surface area contributed by atoms with E-state index in [1.54, 1.807) is 6.08 Å². The first-order valence-electron chi connectivity index (χ1n) is 8.78. The maximum atomic E-state index is 14.1. The fourth-order valence-electron chi connectivity index (χ4n) is 2.93. The van der Waals surface area contributed by atoms with Crippen LogP contribution in [0.25, 0.3) is 6.08 Å². The summed E-state index contributed by atoms with van der Waals surface area (Å²) in [5, 5.41) is 2.89. The molecular formula is C21H23FN2O2. The third kappa shape index (κ3) is 4.92. The normalized spacial score (nSPS) is 15.8. The van der Waals surface area contributed by atoms with Gasteiger partial charge in [0.2, 0.25) is 5.91 Å². The predicted octanol–water partition coefficient (Wildman–Crippen LogP) is 3.55. The molecule has 26 heavy (non-hydrogen) atoms. The highest BCUT2D eigenvalue weighted by Gasteiger charge is 2.15. The van der Waals surface area contributed by atoms with Gasteiger partial charge in [-0.05, 0) is 42.3 Å². The first kappa shape index (κ1) is 18.1. The van der Waals surface area contributed by atoms with Crippen molar-refractivity contribution in [2.75, 3.05) is 31.2 Å². The van der Waals surface area contributed by atoms with Gasteiger partial charge in [0.15, 0.2) is 0 Å². The lowest BCUT2D eigenvalue weighted by Gasteiger charge is -2.29. The largest absolute Gasteiger partial charge is 0.378 e. The van der Waals surface area contributed by atoms with Gasteiger partial charge in [0.25, 0.3) is 0 Å². The van der Waals surface area contributed by atoms with Gasteiger partial charge in [-0.15, -0.1) is 0 Å². The number of nitrogens with zero attached hydrogens (tertiary/aromatic N) is 1. The number of carbonyl (C=O) groups is 1. The molecule has 3 rings (SSSR count). The van der Waals surface area contributed by atoms with Crippen molar-refractivity contribution in [3.8, 4) is 0 Å². The highest BCUT2D eigenvalue weighted by molar-refractivity contribution is 5.91. The summed E-state index contributed by atoms with van der Waals surface area (Å²) < 4.78 is 19.4. The molecule has 0 spiro atoms. The predicted molar refractivity (Wildman–Crippen MR) is 101 cm³/mol. The van der Waals surface area contributed by atoms with Crippen molar-refractivity contribution in [1.29, 1.82) is 0 Å². The summed E-state index contributed by atoms with van der Waals surface area (Å²) in [6.07, 6.45) is 3.25. The lowest BCUT2D eigenvalue weighted by molar-refractivity contribution is -0.117. The number of ether oxygens (including phenoxy) is 1. The lowest BCUT2D eigenvalue weighted by atomic mass is 10.1. The first-order chi connectivity index (χ1) is 12.6. The Bertz CT molecular complexity index is 771. The summed E-state index contributed by atoms with van der Waals surface area (Å²) in [6, 6.07) is 14.2. The Morgan fingerprint density at radius 2 is 1.92 bits per heavy atom. The molecule has 1 aliphatic heterocycles. The van der Waals surface area contributed by atoms with E-state index in [2.05, 4.69) is 10.2 Å². The van der Waals surface area contributed by atoms with Crippen LogP contribution in [0.4, 0.5) is 10.1 Å². The smallest absolute Gasteiger partial charge is 0.244 e. The van der Waals surface area contributed by atoms with Crippen molar-refractivity contribution >= 4 is 17.7 Å². The van der Waals surface area contributed by atoms with Gasteiger partial charge < -0.3 is 15.0 Å². The van der Waals surface area contributed by atoms with Crippen molar-refractivity contribution in [2.45, 2.75) is 13.0 Å². The van der Waals surface area contributed by atoms with Crippen LogP contribution in [0.15, 0.2) is 54.6 Å². The molecule has 2 aromatic rings. The van der Waals surface area contributed by atoms with Crippen LogP contribution in [0, 0.1) is 5.82 Å². The number of nitrogens with one attached hydrogen (secondary N) is 1. The molecule has 5 heteroatoms. The molecule has 0 saturated carbocycles. The third-order valence-electron chi connectivity index (χ3n) is 4.37. The molecular weight excluding hydrogens is 331 g/mol. The van der Waals surface area contributed by atoms with Gasteiger partial charge in [0.1, 0.15) is 5.82 Å². The van der Waals surface area contributed by atoms with Crippen molar-refractivity contribution in [2.24, 2.45) is 0 Å². The molecule has 1 saturated heterocycles. The zero-order valence-electron chi connectivity index (χ0n) is 14.8. The van der Waals surface area contributed by atoms with Crippen LogP contribution in [0.5, 0.6) is 0 Å². The number of hydrogen-bond donors (Lipinski definition) is 1. The van der Waals surface area contributed by atoms with Crippen molar-refractivity contribution in [1.82, 2.24) is 5.32 Å². The molecule has 0 radical (unpaired) electrons. The minimum absolute atomic E-state index is 0.210. The van der Waals surface area contributed by atoms with Gasteiger partial charge in [-0.25, -0.2) is 4.39 Å². The third-order valence-corrected chi connectivity index (χ3v) is 4.37. The number of benzene rings is 2. The molecule has 1 N–H and O–H groups in total. The Morgan fingerprint density at radius 1 is 1.19 bits per heavy atom. The number of hydrogen-bond acceptors (Lipinski definition) is 3. The number of amides is 1. The fraction of sp³-hybridized carbons (Fsp3) is 0.286. The van der Waals surface area contributed by atoms with Crippen LogP contribution in [-0.2, 0) is 9.53 Å². The maximum Gasteiger partial charge on any atom is 0.244 e. The minimum atomic E-state index is -0.301. The second kappa shape index (κ2) is 8.63. The zero-order valence-corrected chi connectivity index (χ0v) is 14.8. The van der Waals surface area contributed by atoms with E-state index in [9.17, 15) is 9.18 Å². The average Bonchev–Trinajstić information content (AvgIpc) is 2.67. The van der Waals surface area contributed by atoms with E-state index < -0.39 is 0 Å². The van der Waals surface area contributed by atoms with Crippen LogP contribution < -0.4 is 10.2 Å². The summed E-state index contributed by atoms with van der Waals surface area (Å²) in [7, 11) is 0. The van der Waals surface area contributed by atoms with Crippen molar-refractivity contribution in [3.63, 3.8) is 0 Å². The molecule has 1 atom stereocenters. The van der Waals surface area contributed by atoms with E-state index in [4.69, 9.17) is 4.74 Å². The van der Waals surface area contributed by atoms with E-state index in [1.165, 1.54) is 18.2 Å². The van der Waals surface area contributed by atoms with E-state index in [-0.39, 0.29) is 17.8 Å². The van der Waals surface area contributed by atoms with E-state index >= 15 is 0 Å². The second-order valence-electron chi connectivity index (χ2n) is 6.32. The van der Waals surface area contributed by atoms with Crippen molar-refractivity contribution < 1.29 is 13.9 Å². The Morgan fingerprint density at radius 3 is 2.65 bits per heavy atom. The zero-order chi connectivity index (χ0) is 18.4. The molecule has 1 unspecified atom stereocenters. The standard InChI is InChI=1S/C21H23FN2O2/c1-16(23-21(25)8-7-17-5-3-2-4-6-17)18-13-19(22)15-20(14-18)24-9-11-26-12-10-24/h2-8,13-16H,9-12H2,1H3,(H,23,25)/b8-7+. The van der Waals surface area contributed by atoms with Crippen LogP contribution in [-0.4, -0.2) is 32.2 Å². The highest BCUT2D eigenvalue weighted by Crippen LogP contribution is 2.23. The van der Waals surface area contributed by atoms with E-state index in [1.807, 2.05) is 43.3 Å². The summed E-state index contributed by atoms with van der Waals surface area (Å²) in [5.74, 6) is -0.511. The van der Waals surface area contributed by atoms with Gasteiger partial charge in [0, 0.05) is 24.9 Å². The van der Waals surface area contributed by atoms with Gasteiger partial charge >= 0.3 is 0 Å². The molecule has 1 heterocycles. The number of halogens is 1. The van der Waals surface area contributed by atoms with Gasteiger partial charge in [-0.1, -0.05) is 30.3 Å². The molecule has 1 fully saturated rings. The first-order valence-corrected chi connectivity index (χ1v) is 8.78. The molecule has 0 aliphatic carbocycles. The summed E-state index contributed by atoms with van der Waals surface area (Å²) in [4.78, 5) is 14.3. The second-order valence-corrected chi connectivity index (χ2v) is 6.32. The molecule has 136 valence electrons. The van der Waals surface area contributed by atoms with E-state index in [0.29, 0.717) is 13.2 Å². The minimum Gasteiger partial charge on any atom is -0.378 e. The molecule has 2 aromatic carbocycles.